The van der Waals surface area contributed by atoms with Crippen LogP contribution in [0.4, 0.5) is 8.78 Å². The van der Waals surface area contributed by atoms with Crippen molar-refractivity contribution in [2.24, 2.45) is 0 Å². The highest BCUT2D eigenvalue weighted by atomic mass is 19.1. The third-order valence-electron chi connectivity index (χ3n) is 2.34. The van der Waals surface area contributed by atoms with Crippen molar-refractivity contribution in [3.63, 3.8) is 0 Å². The van der Waals surface area contributed by atoms with Crippen LogP contribution in [0.3, 0.4) is 0 Å². The zero-order chi connectivity index (χ0) is 14.2. The van der Waals surface area contributed by atoms with Crippen molar-refractivity contribution in [1.29, 1.82) is 0 Å². The van der Waals surface area contributed by atoms with E-state index in [9.17, 15) is 23.5 Å². The summed E-state index contributed by atoms with van der Waals surface area (Å²) in [6.07, 6.45) is 0. The summed E-state index contributed by atoms with van der Waals surface area (Å²) in [5.41, 5.74) is -1.79. The molecule has 2 aromatic rings. The maximum absolute atomic E-state index is 13.1. The fourth-order valence-electron chi connectivity index (χ4n) is 1.65. The van der Waals surface area contributed by atoms with Gasteiger partial charge in [0.1, 0.15) is 23.1 Å². The molecule has 0 radical (unpaired) electrons. The second-order valence-corrected chi connectivity index (χ2v) is 3.71. The van der Waals surface area contributed by atoms with E-state index in [4.69, 9.17) is 5.11 Å². The first-order valence-electron chi connectivity index (χ1n) is 5.04. The minimum absolute atomic E-state index is 0.278. The monoisotopic (exact) mass is 267 g/mol. The molecule has 0 fully saturated rings. The molecule has 1 aromatic carbocycles. The van der Waals surface area contributed by atoms with Gasteiger partial charge in [-0.05, 0) is 12.1 Å². The van der Waals surface area contributed by atoms with E-state index in [-0.39, 0.29) is 5.69 Å². The van der Waals surface area contributed by atoms with Crippen LogP contribution in [0.25, 0.3) is 5.69 Å². The molecular weight excluding hydrogens is 260 g/mol. The molecule has 5 nitrogen and oxygen atoms in total. The van der Waals surface area contributed by atoms with E-state index < -0.39 is 34.6 Å². The number of benzene rings is 1. The third-order valence-corrected chi connectivity index (χ3v) is 2.34. The maximum atomic E-state index is 13.1. The zero-order valence-corrected chi connectivity index (χ0v) is 9.30. The molecule has 2 rings (SSSR count). The standard InChI is InChI=1S/C12H7F2NO4/c13-6-1-7(14)3-8(2-6)15-10(12(18)19)4-9(16)5-11(15)17/h1-5,16H,(H,18,19). The molecule has 7 heteroatoms. The normalized spacial score (nSPS) is 10.4. The van der Waals surface area contributed by atoms with E-state index >= 15 is 0 Å². The highest BCUT2D eigenvalue weighted by Crippen LogP contribution is 2.16. The molecule has 0 atom stereocenters. The Morgan fingerprint density at radius 1 is 1.05 bits per heavy atom. The average molecular weight is 267 g/mol. The van der Waals surface area contributed by atoms with E-state index in [0.717, 1.165) is 24.3 Å². The zero-order valence-electron chi connectivity index (χ0n) is 9.30. The summed E-state index contributed by atoms with van der Waals surface area (Å²) in [5.74, 6) is -3.97. The predicted molar refractivity (Wildman–Crippen MR) is 60.6 cm³/mol. The second-order valence-electron chi connectivity index (χ2n) is 3.71. The summed E-state index contributed by atoms with van der Waals surface area (Å²) in [7, 11) is 0. The van der Waals surface area contributed by atoms with Crippen molar-refractivity contribution in [1.82, 2.24) is 4.57 Å². The lowest BCUT2D eigenvalue weighted by molar-refractivity contribution is 0.0686. The Kier molecular flexibility index (Phi) is 3.04. The van der Waals surface area contributed by atoms with Crippen molar-refractivity contribution in [2.45, 2.75) is 0 Å². The van der Waals surface area contributed by atoms with Crippen molar-refractivity contribution in [3.8, 4) is 11.4 Å². The molecule has 0 aliphatic carbocycles. The lowest BCUT2D eigenvalue weighted by Gasteiger charge is -2.10. The number of hydrogen-bond acceptors (Lipinski definition) is 3. The van der Waals surface area contributed by atoms with Gasteiger partial charge in [-0.25, -0.2) is 13.6 Å². The smallest absolute Gasteiger partial charge is 0.353 e. The van der Waals surface area contributed by atoms with Gasteiger partial charge in [-0.2, -0.15) is 0 Å². The average Bonchev–Trinajstić information content (AvgIpc) is 2.25. The summed E-state index contributed by atoms with van der Waals surface area (Å²) in [6.45, 7) is 0. The molecule has 0 saturated heterocycles. The molecule has 19 heavy (non-hydrogen) atoms. The number of nitrogens with zero attached hydrogens (tertiary/aromatic N) is 1. The molecular formula is C12H7F2NO4. The number of carboxylic acid groups (broad SMARTS) is 1. The van der Waals surface area contributed by atoms with Gasteiger partial charge in [0, 0.05) is 18.2 Å². The first-order chi connectivity index (χ1) is 8.88. The van der Waals surface area contributed by atoms with E-state index in [1.165, 1.54) is 0 Å². The first kappa shape index (κ1) is 12.7. The Labute approximate surface area is 105 Å². The van der Waals surface area contributed by atoms with Gasteiger partial charge in [-0.15, -0.1) is 0 Å². The van der Waals surface area contributed by atoms with Gasteiger partial charge in [0.15, 0.2) is 0 Å². The van der Waals surface area contributed by atoms with Crippen LogP contribution in [0.5, 0.6) is 5.75 Å². The largest absolute Gasteiger partial charge is 0.508 e. The number of rotatable bonds is 2. The van der Waals surface area contributed by atoms with Crippen molar-refractivity contribution in [2.75, 3.05) is 0 Å². The maximum Gasteiger partial charge on any atom is 0.353 e. The van der Waals surface area contributed by atoms with Crippen molar-refractivity contribution in [3.05, 3.63) is 58.0 Å². The summed E-state index contributed by atoms with van der Waals surface area (Å²) in [5, 5.41) is 18.2. The van der Waals surface area contributed by atoms with Crippen LogP contribution in [0.2, 0.25) is 0 Å². The number of halogens is 2. The van der Waals surface area contributed by atoms with E-state index in [1.54, 1.807) is 0 Å². The van der Waals surface area contributed by atoms with Crippen LogP contribution in [-0.4, -0.2) is 20.7 Å². The lowest BCUT2D eigenvalue weighted by Crippen LogP contribution is -2.23. The third kappa shape index (κ3) is 2.44. The highest BCUT2D eigenvalue weighted by Gasteiger charge is 2.15. The van der Waals surface area contributed by atoms with Gasteiger partial charge in [-0.1, -0.05) is 0 Å². The van der Waals surface area contributed by atoms with Crippen molar-refractivity contribution < 1.29 is 23.8 Å². The predicted octanol–water partition coefficient (Wildman–Crippen LogP) is 1.52. The van der Waals surface area contributed by atoms with Gasteiger partial charge >= 0.3 is 5.97 Å². The Balaban J connectivity index is 2.81. The minimum atomic E-state index is -1.52. The molecule has 0 unspecified atom stereocenters. The molecule has 0 bridgehead atoms. The van der Waals surface area contributed by atoms with E-state index in [1.807, 2.05) is 0 Å². The topological polar surface area (TPSA) is 79.5 Å². The number of aromatic hydroxyl groups is 1. The molecule has 0 aliphatic rings. The number of hydrogen-bond donors (Lipinski definition) is 2. The van der Waals surface area contributed by atoms with Gasteiger partial charge < -0.3 is 10.2 Å². The SMILES string of the molecule is O=C(O)c1cc(O)cc(=O)n1-c1cc(F)cc(F)c1. The summed E-state index contributed by atoms with van der Waals surface area (Å²) in [6, 6.07) is 3.78. The van der Waals surface area contributed by atoms with Gasteiger partial charge in [0.05, 0.1) is 5.69 Å². The molecule has 1 aromatic heterocycles. The summed E-state index contributed by atoms with van der Waals surface area (Å²) < 4.78 is 26.8. The number of carbonyl (C=O) groups is 1. The Morgan fingerprint density at radius 2 is 1.63 bits per heavy atom. The fourth-order valence-corrected chi connectivity index (χ4v) is 1.65. The van der Waals surface area contributed by atoms with Gasteiger partial charge in [0.2, 0.25) is 0 Å². The molecule has 98 valence electrons. The van der Waals surface area contributed by atoms with E-state index in [0.29, 0.717) is 10.6 Å². The molecule has 0 saturated carbocycles. The quantitative estimate of drug-likeness (QED) is 0.864. The van der Waals surface area contributed by atoms with Crippen LogP contribution >= 0.6 is 0 Å². The first-order valence-corrected chi connectivity index (χ1v) is 5.04. The summed E-state index contributed by atoms with van der Waals surface area (Å²) in [4.78, 5) is 22.7. The number of aromatic carboxylic acids is 1. The van der Waals surface area contributed by atoms with Crippen LogP contribution in [0.1, 0.15) is 10.5 Å². The number of aromatic nitrogens is 1. The Morgan fingerprint density at radius 3 is 2.16 bits per heavy atom. The molecule has 1 heterocycles. The molecule has 0 amide bonds. The lowest BCUT2D eigenvalue weighted by atomic mass is 10.2. The fraction of sp³-hybridized carbons (Fsp3) is 0. The van der Waals surface area contributed by atoms with Gasteiger partial charge in [0.25, 0.3) is 5.56 Å². The van der Waals surface area contributed by atoms with E-state index in [2.05, 4.69) is 0 Å². The highest BCUT2D eigenvalue weighted by molar-refractivity contribution is 5.86. The number of pyridine rings is 1. The Hall–Kier alpha value is -2.70. The molecule has 2 N–H and O–H groups in total. The molecule has 0 aliphatic heterocycles. The van der Waals surface area contributed by atoms with Crippen LogP contribution in [0, 0.1) is 11.6 Å². The molecule has 0 spiro atoms. The second kappa shape index (κ2) is 4.52. The van der Waals surface area contributed by atoms with Crippen LogP contribution in [-0.2, 0) is 0 Å². The van der Waals surface area contributed by atoms with Crippen LogP contribution < -0.4 is 5.56 Å². The Bertz CT molecular complexity index is 704. The van der Waals surface area contributed by atoms with Crippen molar-refractivity contribution >= 4 is 5.97 Å². The number of carboxylic acids is 1. The van der Waals surface area contributed by atoms with Gasteiger partial charge in [-0.3, -0.25) is 9.36 Å². The summed E-state index contributed by atoms with van der Waals surface area (Å²) >= 11 is 0. The van der Waals surface area contributed by atoms with Crippen LogP contribution in [0.15, 0.2) is 35.1 Å². The minimum Gasteiger partial charge on any atom is -0.508 e.